The third-order valence-corrected chi connectivity index (χ3v) is 6.03. The summed E-state index contributed by atoms with van der Waals surface area (Å²) < 4.78 is 97.8. The molecule has 0 aliphatic heterocycles. The molecular weight excluding hydrogens is 505 g/mol. The summed E-state index contributed by atoms with van der Waals surface area (Å²) in [6.45, 7) is 1.58. The third-order valence-electron chi connectivity index (χ3n) is 6.03. The molecule has 0 aliphatic carbocycles. The first-order valence-electron chi connectivity index (χ1n) is 11.7. The van der Waals surface area contributed by atoms with Crippen molar-refractivity contribution in [2.24, 2.45) is 0 Å². The van der Waals surface area contributed by atoms with Crippen LogP contribution in [0.1, 0.15) is 23.6 Å². The molecule has 0 bridgehead atoms. The fraction of sp³-hybridized carbons (Fsp3) is 0.0968. The van der Waals surface area contributed by atoms with E-state index in [4.69, 9.17) is 0 Å². The summed E-state index contributed by atoms with van der Waals surface area (Å²) in [5, 5.41) is 0. The molecule has 4 aromatic rings. The van der Waals surface area contributed by atoms with E-state index in [1.807, 2.05) is 0 Å². The molecular formula is C31H21F7. The van der Waals surface area contributed by atoms with Gasteiger partial charge in [-0.05, 0) is 77.9 Å². The fourth-order valence-electron chi connectivity index (χ4n) is 4.06. The van der Waals surface area contributed by atoms with E-state index in [0.717, 1.165) is 23.8 Å². The van der Waals surface area contributed by atoms with Gasteiger partial charge in [0.2, 0.25) is 0 Å². The zero-order valence-electron chi connectivity index (χ0n) is 20.1. The second-order valence-electron chi connectivity index (χ2n) is 8.62. The fourth-order valence-corrected chi connectivity index (χ4v) is 4.06. The molecule has 194 valence electrons. The standard InChI is InChI=1S/C31H21F7/c1-2-3-24(32)30(37)22-8-6-18(7-9-22)4-5-19-14-25(33)29(26(34)15-19)21-12-10-20(11-13-21)23-16-27(35)31(38)28(36)17-23/h2-3,6-17H,4-5H2,1H3. The van der Waals surface area contributed by atoms with Crippen LogP contribution in [0, 0.1) is 29.1 Å². The van der Waals surface area contributed by atoms with E-state index in [0.29, 0.717) is 24.0 Å². The maximum atomic E-state index is 14.9. The molecule has 4 rings (SSSR count). The van der Waals surface area contributed by atoms with Gasteiger partial charge in [0.25, 0.3) is 0 Å². The van der Waals surface area contributed by atoms with E-state index in [1.54, 1.807) is 19.1 Å². The molecule has 0 saturated heterocycles. The highest BCUT2D eigenvalue weighted by molar-refractivity contribution is 5.71. The van der Waals surface area contributed by atoms with Gasteiger partial charge in [-0.25, -0.2) is 30.7 Å². The van der Waals surface area contributed by atoms with Gasteiger partial charge in [-0.1, -0.05) is 54.6 Å². The highest BCUT2D eigenvalue weighted by Gasteiger charge is 2.16. The molecule has 0 amide bonds. The topological polar surface area (TPSA) is 0 Å². The molecule has 0 radical (unpaired) electrons. The molecule has 0 saturated carbocycles. The van der Waals surface area contributed by atoms with E-state index in [1.165, 1.54) is 54.6 Å². The lowest BCUT2D eigenvalue weighted by atomic mass is 9.97. The molecule has 0 fully saturated rings. The molecule has 0 atom stereocenters. The molecule has 0 N–H and O–H groups in total. The SMILES string of the molecule is CC=CC(F)=C(F)c1ccc(CCc2cc(F)c(-c3ccc(-c4cc(F)c(F)c(F)c4)cc3)c(F)c2)cc1. The highest BCUT2D eigenvalue weighted by Crippen LogP contribution is 2.31. The van der Waals surface area contributed by atoms with Gasteiger partial charge in [0.1, 0.15) is 11.6 Å². The van der Waals surface area contributed by atoms with Crippen LogP contribution >= 0.6 is 0 Å². The van der Waals surface area contributed by atoms with Gasteiger partial charge < -0.3 is 0 Å². The Kier molecular flexibility index (Phi) is 8.15. The predicted octanol–water partition coefficient (Wildman–Crippen LogP) is 9.68. The van der Waals surface area contributed by atoms with Crippen molar-refractivity contribution in [2.45, 2.75) is 19.8 Å². The van der Waals surface area contributed by atoms with Crippen molar-refractivity contribution < 1.29 is 30.7 Å². The Morgan fingerprint density at radius 3 is 1.68 bits per heavy atom. The van der Waals surface area contributed by atoms with Gasteiger partial charge in [-0.2, -0.15) is 0 Å². The molecule has 0 aliphatic rings. The lowest BCUT2D eigenvalue weighted by molar-refractivity contribution is 0.448. The van der Waals surface area contributed by atoms with Gasteiger partial charge in [0, 0.05) is 5.56 Å². The van der Waals surface area contributed by atoms with Crippen LogP contribution in [-0.4, -0.2) is 0 Å². The maximum Gasteiger partial charge on any atom is 0.194 e. The summed E-state index contributed by atoms with van der Waals surface area (Å²) >= 11 is 0. The van der Waals surface area contributed by atoms with E-state index in [-0.39, 0.29) is 22.3 Å². The van der Waals surface area contributed by atoms with Crippen LogP contribution in [0.5, 0.6) is 0 Å². The van der Waals surface area contributed by atoms with Gasteiger partial charge in [0.15, 0.2) is 29.1 Å². The van der Waals surface area contributed by atoms with Crippen LogP contribution < -0.4 is 0 Å². The smallest absolute Gasteiger partial charge is 0.194 e. The van der Waals surface area contributed by atoms with Crippen molar-refractivity contribution in [3.8, 4) is 22.3 Å². The molecule has 0 heterocycles. The Labute approximate surface area is 215 Å². The number of rotatable bonds is 7. The van der Waals surface area contributed by atoms with Crippen molar-refractivity contribution in [1.29, 1.82) is 0 Å². The van der Waals surface area contributed by atoms with Crippen molar-refractivity contribution in [3.05, 3.63) is 137 Å². The van der Waals surface area contributed by atoms with Crippen LogP contribution in [0.4, 0.5) is 30.7 Å². The second kappa shape index (κ2) is 11.5. The average Bonchev–Trinajstić information content (AvgIpc) is 2.90. The van der Waals surface area contributed by atoms with Gasteiger partial charge in [-0.3, -0.25) is 0 Å². The molecule has 0 unspecified atom stereocenters. The average molecular weight is 526 g/mol. The van der Waals surface area contributed by atoms with Crippen LogP contribution in [0.2, 0.25) is 0 Å². The van der Waals surface area contributed by atoms with Crippen LogP contribution in [0.3, 0.4) is 0 Å². The predicted molar refractivity (Wildman–Crippen MR) is 135 cm³/mol. The summed E-state index contributed by atoms with van der Waals surface area (Å²) in [6, 6.07) is 15.9. The number of halogens is 7. The summed E-state index contributed by atoms with van der Waals surface area (Å²) in [7, 11) is 0. The zero-order chi connectivity index (χ0) is 27.4. The molecule has 0 aromatic heterocycles. The minimum Gasteiger partial charge on any atom is -0.206 e. The number of allylic oxidation sites excluding steroid dienone is 3. The van der Waals surface area contributed by atoms with Crippen LogP contribution in [0.25, 0.3) is 28.1 Å². The largest absolute Gasteiger partial charge is 0.206 e. The van der Waals surface area contributed by atoms with Crippen molar-refractivity contribution >= 4 is 5.83 Å². The Morgan fingerprint density at radius 2 is 1.13 bits per heavy atom. The van der Waals surface area contributed by atoms with Gasteiger partial charge >= 0.3 is 0 Å². The van der Waals surface area contributed by atoms with E-state index in [9.17, 15) is 30.7 Å². The number of aryl methyl sites for hydroxylation is 2. The Morgan fingerprint density at radius 1 is 0.605 bits per heavy atom. The van der Waals surface area contributed by atoms with Crippen molar-refractivity contribution in [2.75, 3.05) is 0 Å². The van der Waals surface area contributed by atoms with E-state index >= 15 is 0 Å². The molecule has 4 aromatic carbocycles. The van der Waals surface area contributed by atoms with Crippen LogP contribution in [-0.2, 0) is 12.8 Å². The Hall–Kier alpha value is -4.13. The third kappa shape index (κ3) is 5.88. The van der Waals surface area contributed by atoms with E-state index in [2.05, 4.69) is 0 Å². The Balaban J connectivity index is 1.49. The monoisotopic (exact) mass is 526 g/mol. The van der Waals surface area contributed by atoms with Gasteiger partial charge in [0.05, 0.1) is 5.56 Å². The Bertz CT molecular complexity index is 1470. The maximum absolute atomic E-state index is 14.9. The molecule has 0 nitrogen and oxygen atoms in total. The lowest BCUT2D eigenvalue weighted by Crippen LogP contribution is -1.97. The number of hydrogen-bond acceptors (Lipinski definition) is 0. The van der Waals surface area contributed by atoms with Crippen molar-refractivity contribution in [1.82, 2.24) is 0 Å². The summed E-state index contributed by atoms with van der Waals surface area (Å²) in [5.41, 5.74) is 1.66. The first-order chi connectivity index (χ1) is 18.2. The normalized spacial score (nSPS) is 12.2. The molecule has 38 heavy (non-hydrogen) atoms. The number of benzene rings is 4. The first kappa shape index (κ1) is 26.9. The molecule has 0 spiro atoms. The highest BCUT2D eigenvalue weighted by atomic mass is 19.2. The summed E-state index contributed by atoms with van der Waals surface area (Å²) in [4.78, 5) is 0. The molecule has 7 heteroatoms. The lowest BCUT2D eigenvalue weighted by Gasteiger charge is -2.10. The van der Waals surface area contributed by atoms with Crippen molar-refractivity contribution in [3.63, 3.8) is 0 Å². The van der Waals surface area contributed by atoms with Gasteiger partial charge in [-0.15, -0.1) is 0 Å². The minimum absolute atomic E-state index is 0.0824. The summed E-state index contributed by atoms with van der Waals surface area (Å²) in [6.07, 6.45) is 3.14. The van der Waals surface area contributed by atoms with Crippen LogP contribution in [0.15, 0.2) is 90.8 Å². The second-order valence-corrected chi connectivity index (χ2v) is 8.62. The first-order valence-corrected chi connectivity index (χ1v) is 11.7. The quantitative estimate of drug-likeness (QED) is 0.128. The summed E-state index contributed by atoms with van der Waals surface area (Å²) in [5.74, 6) is -7.76. The number of hydrogen-bond donors (Lipinski definition) is 0. The minimum atomic E-state index is -1.58. The van der Waals surface area contributed by atoms with E-state index < -0.39 is 40.7 Å². The zero-order valence-corrected chi connectivity index (χ0v) is 20.1.